The number of aliphatic imine (C=N–C) groups is 1. The lowest BCUT2D eigenvalue weighted by Gasteiger charge is -2.39. The molecule has 8 atom stereocenters. The SMILES string of the molecule is COC1=C(C)C(=O)C2=C(C1=O)[C@H](COC(N)=O)[C@]1(C)[C@H]3[C@@H](CN21)N3C(=O)CCN1C(=O)CC(SCC(CC(=O)[C@@H](CC(=O)O)NC(=O)[C@@H](CCCN=C(N)N)CC(=O)CCCNC(=O)c2ccc(NCc3cnc4nc(N)[nH]c(=O)c4n3)cc2)C(=O)O)C1=O. The van der Waals surface area contributed by atoms with Gasteiger partial charge in [-0.05, 0) is 57.4 Å². The quantitative estimate of drug-likeness (QED) is 0.00886. The number of hydrogen-bond acceptors (Lipinski definition) is 23. The Balaban J connectivity index is 0.803. The number of anilines is 2. The number of amides is 6. The zero-order valence-corrected chi connectivity index (χ0v) is 49.4. The average Bonchev–Trinajstić information content (AvgIpc) is 1.49. The number of fused-ring (bicyclic) bond motifs is 5. The highest BCUT2D eigenvalue weighted by molar-refractivity contribution is 8.00. The van der Waals surface area contributed by atoms with Crippen LogP contribution in [0.2, 0.25) is 0 Å². The Bertz CT molecular complexity index is 3590. The van der Waals surface area contributed by atoms with Crippen molar-refractivity contribution in [3.8, 4) is 0 Å². The highest BCUT2D eigenvalue weighted by Gasteiger charge is 2.74. The molecule has 3 saturated heterocycles. The number of carbonyl (C=O) groups is 12. The number of imide groups is 1. The number of methoxy groups -OCH3 is 1. The third-order valence-corrected chi connectivity index (χ3v) is 17.7. The molecule has 0 radical (unpaired) electrons. The van der Waals surface area contributed by atoms with E-state index in [0.29, 0.717) is 16.9 Å². The Kier molecular flexibility index (Phi) is 20.1. The molecule has 3 aromatic rings. The van der Waals surface area contributed by atoms with Crippen molar-refractivity contribution in [1.82, 2.24) is 45.3 Å². The molecule has 89 heavy (non-hydrogen) atoms. The number of piperazine rings is 1. The molecule has 2 aromatic heterocycles. The number of allylic oxidation sites excluding steroid dienone is 2. The van der Waals surface area contributed by atoms with Crippen LogP contribution in [0.1, 0.15) is 87.7 Å². The Morgan fingerprint density at radius 3 is 2.35 bits per heavy atom. The topological polar surface area (TPSA) is 497 Å². The maximum absolute atomic E-state index is 13.9. The van der Waals surface area contributed by atoms with Crippen LogP contribution in [0.4, 0.5) is 16.4 Å². The van der Waals surface area contributed by atoms with E-state index in [1.54, 1.807) is 36.1 Å². The normalized spacial score (nSPS) is 21.0. The summed E-state index contributed by atoms with van der Waals surface area (Å²) in [7, 11) is 1.25. The van der Waals surface area contributed by atoms with E-state index in [2.05, 4.69) is 40.9 Å². The third-order valence-electron chi connectivity index (χ3n) is 16.3. The first-order valence-electron chi connectivity index (χ1n) is 28.3. The Hall–Kier alpha value is -9.82. The molecule has 14 N–H and O–H groups in total. The van der Waals surface area contributed by atoms with Gasteiger partial charge in [0.2, 0.25) is 41.1 Å². The predicted molar refractivity (Wildman–Crippen MR) is 313 cm³/mol. The number of hydrogen-bond donors (Lipinski definition) is 10. The minimum atomic E-state index is -1.75. The average molecular weight is 1250 g/mol. The van der Waals surface area contributed by atoms with Crippen LogP contribution in [0.5, 0.6) is 0 Å². The van der Waals surface area contributed by atoms with E-state index >= 15 is 0 Å². The number of nitrogen functional groups attached to an aromatic ring is 1. The van der Waals surface area contributed by atoms with Crippen LogP contribution >= 0.6 is 11.8 Å². The van der Waals surface area contributed by atoms with Gasteiger partial charge in [0.25, 0.3) is 11.5 Å². The summed E-state index contributed by atoms with van der Waals surface area (Å²) in [5.41, 5.74) is 21.9. The van der Waals surface area contributed by atoms with Gasteiger partial charge >= 0.3 is 18.0 Å². The number of aromatic nitrogens is 4. The van der Waals surface area contributed by atoms with Crippen LogP contribution in [-0.4, -0.2) is 196 Å². The van der Waals surface area contributed by atoms with E-state index in [-0.39, 0.29) is 130 Å². The lowest BCUT2D eigenvalue weighted by molar-refractivity contribution is -0.144. The molecule has 1 aromatic carbocycles. The van der Waals surface area contributed by atoms with Crippen molar-refractivity contribution in [1.29, 1.82) is 0 Å². The van der Waals surface area contributed by atoms with Gasteiger partial charge in [0.1, 0.15) is 12.4 Å². The van der Waals surface area contributed by atoms with Crippen LogP contribution in [-0.2, 0) is 64.0 Å². The van der Waals surface area contributed by atoms with Crippen LogP contribution in [0.3, 0.4) is 0 Å². The van der Waals surface area contributed by atoms with E-state index in [0.717, 1.165) is 16.7 Å². The number of guanidine groups is 1. The van der Waals surface area contributed by atoms with Crippen molar-refractivity contribution in [2.45, 2.75) is 107 Å². The summed E-state index contributed by atoms with van der Waals surface area (Å²) in [6.45, 7) is 2.94. The van der Waals surface area contributed by atoms with Gasteiger partial charge in [0.05, 0.1) is 72.5 Å². The van der Waals surface area contributed by atoms with E-state index in [1.165, 1.54) is 25.1 Å². The minimum Gasteiger partial charge on any atom is -0.492 e. The summed E-state index contributed by atoms with van der Waals surface area (Å²) in [5.74, 6) is -13.0. The highest BCUT2D eigenvalue weighted by atomic mass is 32.2. The third kappa shape index (κ3) is 14.5. The second kappa shape index (κ2) is 27.5. The number of Topliss-reactive ketones (excluding diaryl/α,β-unsaturated/α-hetero) is 4. The van der Waals surface area contributed by atoms with E-state index < -0.39 is 142 Å². The molecule has 5 aliphatic rings. The van der Waals surface area contributed by atoms with Crippen LogP contribution < -0.4 is 44.4 Å². The van der Waals surface area contributed by atoms with Crippen molar-refractivity contribution in [3.63, 3.8) is 0 Å². The van der Waals surface area contributed by atoms with Crippen LogP contribution in [0.25, 0.3) is 11.2 Å². The van der Waals surface area contributed by atoms with Gasteiger partial charge < -0.3 is 68.4 Å². The van der Waals surface area contributed by atoms with Crippen molar-refractivity contribution in [2.75, 3.05) is 56.7 Å². The van der Waals surface area contributed by atoms with Gasteiger partial charge in [-0.1, -0.05) is 0 Å². The van der Waals surface area contributed by atoms with Crippen LogP contribution in [0, 0.1) is 17.8 Å². The minimum absolute atomic E-state index is 0.00725. The maximum Gasteiger partial charge on any atom is 0.404 e. The molecule has 6 heterocycles. The number of carboxylic acids is 2. The second-order valence-electron chi connectivity index (χ2n) is 22.1. The molecule has 2 unspecified atom stereocenters. The first-order valence-corrected chi connectivity index (χ1v) is 29.3. The number of benzene rings is 1. The second-order valence-corrected chi connectivity index (χ2v) is 23.3. The number of thioether (sulfide) groups is 1. The Morgan fingerprint density at radius 2 is 1.67 bits per heavy atom. The number of primary amides is 1. The number of H-pyrrole nitrogens is 1. The van der Waals surface area contributed by atoms with Gasteiger partial charge in [-0.25, -0.2) is 14.8 Å². The molecule has 3 fully saturated rings. The monoisotopic (exact) mass is 1250 g/mol. The zero-order valence-electron chi connectivity index (χ0n) is 48.6. The largest absolute Gasteiger partial charge is 0.492 e. The van der Waals surface area contributed by atoms with Crippen molar-refractivity contribution in [3.05, 3.63) is 74.7 Å². The molecule has 4 aliphatic heterocycles. The lowest BCUT2D eigenvalue weighted by Crippen LogP contribution is -2.52. The van der Waals surface area contributed by atoms with Gasteiger partial charge in [-0.15, -0.1) is 11.8 Å². The molecule has 0 spiro atoms. The smallest absolute Gasteiger partial charge is 0.404 e. The number of likely N-dealkylation sites (tertiary alicyclic amines) is 1. The number of nitrogens with one attached hydrogen (secondary N) is 4. The molecule has 32 nitrogen and oxygen atoms in total. The number of rotatable bonds is 31. The van der Waals surface area contributed by atoms with Gasteiger partial charge in [-0.2, -0.15) is 4.98 Å². The molecule has 474 valence electrons. The molecular weight excluding hydrogens is 1190 g/mol. The Labute approximate surface area is 510 Å². The number of nitrogens with two attached hydrogens (primary N) is 4. The van der Waals surface area contributed by atoms with Crippen molar-refractivity contribution >= 4 is 111 Å². The predicted octanol–water partition coefficient (Wildman–Crippen LogP) is -1.38. The zero-order chi connectivity index (χ0) is 64.8. The fraction of sp³-hybridized carbons (Fsp3) is 0.482. The number of aromatic amines is 1. The van der Waals surface area contributed by atoms with Crippen molar-refractivity contribution in [2.24, 2.45) is 39.9 Å². The number of ketones is 4. The maximum atomic E-state index is 13.9. The summed E-state index contributed by atoms with van der Waals surface area (Å²) in [5, 5.41) is 27.1. The number of carboxylic acid groups (broad SMARTS) is 2. The number of aliphatic carboxylic acids is 2. The molecular formula is C56H67N15O17S. The number of ether oxygens (including phenoxy) is 2. The number of nitrogens with zero attached hydrogens (tertiary/aromatic N) is 7. The van der Waals surface area contributed by atoms with Gasteiger partial charge in [0.15, 0.2) is 28.7 Å². The first-order chi connectivity index (χ1) is 42.2. The molecule has 0 bridgehead atoms. The van der Waals surface area contributed by atoms with E-state index in [1.807, 2.05) is 0 Å². The molecule has 0 saturated carbocycles. The summed E-state index contributed by atoms with van der Waals surface area (Å²) >= 11 is 0.775. The summed E-state index contributed by atoms with van der Waals surface area (Å²) < 4.78 is 10.5. The van der Waals surface area contributed by atoms with Crippen molar-refractivity contribution < 1.29 is 77.2 Å². The Morgan fingerprint density at radius 1 is 0.944 bits per heavy atom. The molecule has 1 aliphatic carbocycles. The van der Waals surface area contributed by atoms with E-state index in [4.69, 9.17) is 32.4 Å². The van der Waals surface area contributed by atoms with Gasteiger partial charge in [0, 0.05) is 98.3 Å². The fourth-order valence-electron chi connectivity index (χ4n) is 11.8. The fourth-order valence-corrected chi connectivity index (χ4v) is 13.1. The van der Waals surface area contributed by atoms with E-state index in [9.17, 15) is 72.5 Å². The number of carbonyl (C=O) groups excluding carboxylic acids is 10. The molecule has 6 amide bonds. The lowest BCUT2D eigenvalue weighted by atomic mass is 9.78. The highest BCUT2D eigenvalue weighted by Crippen LogP contribution is 2.59. The first kappa shape index (κ1) is 65.2. The molecule has 8 rings (SSSR count). The standard InChI is InChI=1S/C56H67N15O17S/c1-25-43(78)42-40(44(79)45(25)87-3)32(23-88-55(60)86)56(2)46-34(22-70(42)56)71(46)37(74)12-15-69-38(75)19-36(51(69)83)89-24-28(52(84)85)17-35(73)33(18-39(76)77)66-49(81)27(6-4-14-62-53(57)58)16-31(72)7-5-13-61-48(80)26-8-10-29(11-9-26)63-20-30-21-64-47-41(65-30)50(82)68-54(59)67-47/h8-11,21,27-28,32-34,36,46,63H,4-7,12-20,22-24H2,1-3H3,(H2,60,86)(H,61,80)(H,66,81)(H,76,77)(H,84,85)(H4,57,58,62)(H3,59,64,67,68,82)/t27-,28?,32-,33+,34+,36?,46+,56+,71?/m0/s1. The summed E-state index contributed by atoms with van der Waals surface area (Å²) in [4.78, 5) is 193. The van der Waals surface area contributed by atoms with Crippen LogP contribution in [0.15, 0.2) is 62.9 Å². The van der Waals surface area contributed by atoms with Gasteiger partial charge in [-0.3, -0.25) is 72.4 Å². The summed E-state index contributed by atoms with van der Waals surface area (Å²) in [6.07, 6.45) is -2.21. The molecule has 33 heteroatoms. The summed E-state index contributed by atoms with van der Waals surface area (Å²) in [6, 6.07) is 3.67.